The molecular weight excluding hydrogens is 310 g/mol. The van der Waals surface area contributed by atoms with Crippen LogP contribution < -0.4 is 0 Å². The number of carbonyl (C=O) groups excluding carboxylic acids is 1. The van der Waals surface area contributed by atoms with E-state index in [1.807, 2.05) is 4.90 Å². The molecule has 0 spiro atoms. The second kappa shape index (κ2) is 7.20. The van der Waals surface area contributed by atoms with E-state index in [9.17, 15) is 4.79 Å². The van der Waals surface area contributed by atoms with Crippen molar-refractivity contribution in [2.24, 2.45) is 7.05 Å². The molecule has 1 aliphatic rings. The van der Waals surface area contributed by atoms with Gasteiger partial charge in [0, 0.05) is 56.7 Å². The quantitative estimate of drug-likeness (QED) is 0.847. The molecule has 1 aromatic heterocycles. The van der Waals surface area contributed by atoms with E-state index in [0.717, 1.165) is 32.5 Å². The summed E-state index contributed by atoms with van der Waals surface area (Å²) in [7, 11) is 4.36. The molecule has 0 bridgehead atoms. The summed E-state index contributed by atoms with van der Waals surface area (Å²) in [5.74, 6) is 0.757. The summed E-state index contributed by atoms with van der Waals surface area (Å²) in [5.41, 5.74) is 4.11. The van der Waals surface area contributed by atoms with Gasteiger partial charge < -0.3 is 9.47 Å². The Bertz CT molecular complexity index is 754. The molecule has 0 unspecified atom stereocenters. The second-order valence-corrected chi connectivity index (χ2v) is 7.85. The van der Waals surface area contributed by atoms with Crippen molar-refractivity contribution in [2.75, 3.05) is 20.1 Å². The highest BCUT2D eigenvalue weighted by Gasteiger charge is 2.24. The Morgan fingerprint density at radius 3 is 2.56 bits per heavy atom. The molecule has 0 atom stereocenters. The first kappa shape index (κ1) is 18.0. The van der Waals surface area contributed by atoms with Gasteiger partial charge in [0.1, 0.15) is 0 Å². The van der Waals surface area contributed by atoms with Crippen LogP contribution >= 0.6 is 0 Å². The van der Waals surface area contributed by atoms with Crippen LogP contribution in [-0.4, -0.2) is 46.5 Å². The van der Waals surface area contributed by atoms with Crippen molar-refractivity contribution >= 4 is 16.8 Å². The van der Waals surface area contributed by atoms with Crippen LogP contribution in [0.1, 0.15) is 50.7 Å². The minimum atomic E-state index is 0.205. The lowest BCUT2D eigenvalue weighted by atomic mass is 10.0. The zero-order chi connectivity index (χ0) is 18.1. The summed E-state index contributed by atoms with van der Waals surface area (Å²) < 4.78 is 2.25. The molecule has 1 amide bonds. The third kappa shape index (κ3) is 3.74. The average molecular weight is 341 g/mol. The van der Waals surface area contributed by atoms with Crippen molar-refractivity contribution in [3.63, 3.8) is 0 Å². The molecule has 2 aromatic rings. The summed E-state index contributed by atoms with van der Waals surface area (Å²) in [5, 5.41) is 1.36. The minimum Gasteiger partial charge on any atom is -0.350 e. The van der Waals surface area contributed by atoms with Crippen LogP contribution in [0.4, 0.5) is 0 Å². The van der Waals surface area contributed by atoms with Crippen LogP contribution in [0.2, 0.25) is 0 Å². The second-order valence-electron chi connectivity index (χ2n) is 7.85. The molecule has 25 heavy (non-hydrogen) atoms. The van der Waals surface area contributed by atoms with Crippen LogP contribution in [0, 0.1) is 0 Å². The van der Waals surface area contributed by atoms with E-state index in [0.29, 0.717) is 12.0 Å². The van der Waals surface area contributed by atoms with E-state index in [1.165, 1.54) is 22.0 Å². The van der Waals surface area contributed by atoms with Crippen LogP contribution in [-0.2, 0) is 18.4 Å². The lowest BCUT2D eigenvalue weighted by Crippen LogP contribution is -2.44. The van der Waals surface area contributed by atoms with Gasteiger partial charge in [-0.3, -0.25) is 9.69 Å². The summed E-state index contributed by atoms with van der Waals surface area (Å²) in [4.78, 5) is 15.9. The van der Waals surface area contributed by atoms with E-state index in [1.54, 1.807) is 6.92 Å². The van der Waals surface area contributed by atoms with Crippen molar-refractivity contribution < 1.29 is 4.79 Å². The molecule has 4 heteroatoms. The minimum absolute atomic E-state index is 0.205. The van der Waals surface area contributed by atoms with Gasteiger partial charge in [-0.1, -0.05) is 26.0 Å². The van der Waals surface area contributed by atoms with E-state index in [-0.39, 0.29) is 5.91 Å². The molecule has 0 N–H and O–H groups in total. The van der Waals surface area contributed by atoms with Gasteiger partial charge >= 0.3 is 0 Å². The summed E-state index contributed by atoms with van der Waals surface area (Å²) in [6, 6.07) is 7.43. The molecule has 0 aliphatic carbocycles. The monoisotopic (exact) mass is 341 g/mol. The average Bonchev–Trinajstić information content (AvgIpc) is 2.90. The third-order valence-corrected chi connectivity index (χ3v) is 5.72. The molecule has 0 radical (unpaired) electrons. The van der Waals surface area contributed by atoms with Gasteiger partial charge in [-0.15, -0.1) is 0 Å². The largest absolute Gasteiger partial charge is 0.350 e. The summed E-state index contributed by atoms with van der Waals surface area (Å²) >= 11 is 0. The molecule has 4 nitrogen and oxygen atoms in total. The summed E-state index contributed by atoms with van der Waals surface area (Å²) in [6.07, 6.45) is 4.41. The molecule has 3 rings (SSSR count). The van der Waals surface area contributed by atoms with E-state index >= 15 is 0 Å². The Morgan fingerprint density at radius 2 is 1.96 bits per heavy atom. The molecule has 2 heterocycles. The number of piperidine rings is 1. The number of benzene rings is 1. The fourth-order valence-electron chi connectivity index (χ4n) is 3.99. The maximum Gasteiger partial charge on any atom is 0.219 e. The normalized spacial score (nSPS) is 16.4. The fraction of sp³-hybridized carbons (Fsp3) is 0.571. The number of aromatic nitrogens is 1. The number of likely N-dealkylation sites (tertiary alicyclic amines) is 1. The van der Waals surface area contributed by atoms with Crippen LogP contribution in [0.3, 0.4) is 0 Å². The first-order chi connectivity index (χ1) is 11.9. The highest BCUT2D eigenvalue weighted by atomic mass is 16.2. The maximum absolute atomic E-state index is 11.5. The maximum atomic E-state index is 11.5. The van der Waals surface area contributed by atoms with Gasteiger partial charge in [0.2, 0.25) is 5.91 Å². The van der Waals surface area contributed by atoms with Gasteiger partial charge in [0.05, 0.1) is 0 Å². The Hall–Kier alpha value is -1.81. The zero-order valence-corrected chi connectivity index (χ0v) is 16.2. The van der Waals surface area contributed by atoms with Crippen molar-refractivity contribution in [3.8, 4) is 0 Å². The highest BCUT2D eigenvalue weighted by molar-refractivity contribution is 5.84. The summed E-state index contributed by atoms with van der Waals surface area (Å²) in [6.45, 7) is 8.89. The highest BCUT2D eigenvalue weighted by Crippen LogP contribution is 2.27. The molecule has 1 aliphatic heterocycles. The van der Waals surface area contributed by atoms with Crippen molar-refractivity contribution in [2.45, 2.75) is 52.1 Å². The van der Waals surface area contributed by atoms with Gasteiger partial charge in [-0.05, 0) is 43.0 Å². The van der Waals surface area contributed by atoms with E-state index in [2.05, 4.69) is 61.8 Å². The first-order valence-corrected chi connectivity index (χ1v) is 9.40. The zero-order valence-electron chi connectivity index (χ0n) is 16.2. The molecule has 0 saturated carbocycles. The molecule has 1 aromatic carbocycles. The van der Waals surface area contributed by atoms with Gasteiger partial charge in [0.25, 0.3) is 0 Å². The number of aryl methyl sites for hydroxylation is 1. The predicted molar refractivity (Wildman–Crippen MR) is 104 cm³/mol. The number of rotatable bonds is 4. The van der Waals surface area contributed by atoms with Gasteiger partial charge in [-0.25, -0.2) is 0 Å². The van der Waals surface area contributed by atoms with E-state index < -0.39 is 0 Å². The first-order valence-electron chi connectivity index (χ1n) is 9.40. The molecule has 1 saturated heterocycles. The number of hydrogen-bond donors (Lipinski definition) is 0. The smallest absolute Gasteiger partial charge is 0.219 e. The van der Waals surface area contributed by atoms with Gasteiger partial charge in [-0.2, -0.15) is 0 Å². The fourth-order valence-corrected chi connectivity index (χ4v) is 3.99. The van der Waals surface area contributed by atoms with Crippen molar-refractivity contribution in [1.82, 2.24) is 14.4 Å². The van der Waals surface area contributed by atoms with Crippen LogP contribution in [0.25, 0.3) is 10.9 Å². The number of nitrogens with zero attached hydrogens (tertiary/aromatic N) is 3. The topological polar surface area (TPSA) is 28.5 Å². The Labute approximate surface area is 151 Å². The standard InChI is InChI=1S/C21H31N3O/c1-15(2)17-6-7-20-18(14-23(5)21(20)12-17)13-22(4)19-8-10-24(11-9-19)16(3)25/h6-7,12,14-15,19H,8-11,13H2,1-5H3. The number of amides is 1. The molecule has 1 fully saturated rings. The molecule has 136 valence electrons. The Balaban J connectivity index is 1.73. The van der Waals surface area contributed by atoms with Crippen molar-refractivity contribution in [1.29, 1.82) is 0 Å². The Morgan fingerprint density at radius 1 is 1.28 bits per heavy atom. The SMILES string of the molecule is CC(=O)N1CCC(N(C)Cc2cn(C)c3cc(C(C)C)ccc23)CC1. The van der Waals surface area contributed by atoms with E-state index in [4.69, 9.17) is 0 Å². The lowest BCUT2D eigenvalue weighted by molar-refractivity contribution is -0.130. The third-order valence-electron chi connectivity index (χ3n) is 5.72. The molecular formula is C21H31N3O. The van der Waals surface area contributed by atoms with Crippen LogP contribution in [0.15, 0.2) is 24.4 Å². The van der Waals surface area contributed by atoms with Crippen molar-refractivity contribution in [3.05, 3.63) is 35.5 Å². The predicted octanol–water partition coefficient (Wildman–Crippen LogP) is 3.74. The number of carbonyl (C=O) groups is 1. The van der Waals surface area contributed by atoms with Gasteiger partial charge in [0.15, 0.2) is 0 Å². The lowest BCUT2D eigenvalue weighted by Gasteiger charge is -2.36. The number of fused-ring (bicyclic) bond motifs is 1. The Kier molecular flexibility index (Phi) is 5.19. The number of hydrogen-bond acceptors (Lipinski definition) is 2. The van der Waals surface area contributed by atoms with Crippen LogP contribution in [0.5, 0.6) is 0 Å².